The van der Waals surface area contributed by atoms with Crippen molar-refractivity contribution >= 4 is 33.2 Å². The van der Waals surface area contributed by atoms with E-state index in [9.17, 15) is 13.6 Å². The first-order chi connectivity index (χ1) is 8.97. The van der Waals surface area contributed by atoms with Gasteiger partial charge in [-0.3, -0.25) is 4.79 Å². The van der Waals surface area contributed by atoms with Crippen LogP contribution in [-0.4, -0.2) is 5.91 Å². The number of nitrogens with two attached hydrogens (primary N) is 1. The molecule has 19 heavy (non-hydrogen) atoms. The molecule has 0 radical (unpaired) electrons. The molecule has 0 fully saturated rings. The number of anilines is 2. The smallest absolute Gasteiger partial charge is 0.258 e. The Kier molecular flexibility index (Phi) is 3.80. The quantitative estimate of drug-likeness (QED) is 0.829. The zero-order valence-electron chi connectivity index (χ0n) is 9.58. The zero-order valence-corrected chi connectivity index (χ0v) is 11.2. The largest absolute Gasteiger partial charge is 0.399 e. The highest BCUT2D eigenvalue weighted by molar-refractivity contribution is 9.10. The molecule has 0 bridgehead atoms. The molecule has 0 saturated carbocycles. The van der Waals surface area contributed by atoms with Crippen molar-refractivity contribution in [3.8, 4) is 0 Å². The summed E-state index contributed by atoms with van der Waals surface area (Å²) in [6.07, 6.45) is 0. The molecule has 2 rings (SSSR count). The summed E-state index contributed by atoms with van der Waals surface area (Å²) in [6.45, 7) is 0. The number of nitrogen functional groups attached to an aromatic ring is 1. The molecule has 0 unspecified atom stereocenters. The van der Waals surface area contributed by atoms with Gasteiger partial charge in [0, 0.05) is 10.2 Å². The van der Waals surface area contributed by atoms with Gasteiger partial charge in [0.15, 0.2) is 0 Å². The monoisotopic (exact) mass is 326 g/mol. The van der Waals surface area contributed by atoms with Crippen molar-refractivity contribution in [2.24, 2.45) is 0 Å². The summed E-state index contributed by atoms with van der Waals surface area (Å²) < 4.78 is 27.6. The van der Waals surface area contributed by atoms with E-state index in [1.807, 2.05) is 0 Å². The van der Waals surface area contributed by atoms with Crippen LogP contribution < -0.4 is 11.1 Å². The highest BCUT2D eigenvalue weighted by atomic mass is 79.9. The minimum Gasteiger partial charge on any atom is -0.399 e. The Balaban J connectivity index is 2.28. The molecule has 2 aromatic rings. The van der Waals surface area contributed by atoms with Crippen LogP contribution in [0.1, 0.15) is 10.4 Å². The molecule has 0 aliphatic carbocycles. The van der Waals surface area contributed by atoms with Crippen LogP contribution in [0.2, 0.25) is 0 Å². The average Bonchev–Trinajstić information content (AvgIpc) is 2.33. The molecule has 3 N–H and O–H groups in total. The van der Waals surface area contributed by atoms with E-state index >= 15 is 0 Å². The van der Waals surface area contributed by atoms with Crippen molar-refractivity contribution in [1.29, 1.82) is 0 Å². The fourth-order valence-corrected chi connectivity index (χ4v) is 1.86. The van der Waals surface area contributed by atoms with E-state index in [2.05, 4.69) is 21.2 Å². The number of amides is 1. The van der Waals surface area contributed by atoms with Gasteiger partial charge in [-0.1, -0.05) is 15.9 Å². The fourth-order valence-electron chi connectivity index (χ4n) is 1.50. The number of hydrogen-bond donors (Lipinski definition) is 2. The van der Waals surface area contributed by atoms with Gasteiger partial charge in [0.2, 0.25) is 0 Å². The second-order valence-corrected chi connectivity index (χ2v) is 4.73. The summed E-state index contributed by atoms with van der Waals surface area (Å²) >= 11 is 3.16. The van der Waals surface area contributed by atoms with Crippen molar-refractivity contribution in [3.63, 3.8) is 0 Å². The molecule has 0 spiro atoms. The Morgan fingerprint density at radius 1 is 1.11 bits per heavy atom. The van der Waals surface area contributed by atoms with E-state index in [0.717, 1.165) is 6.07 Å². The van der Waals surface area contributed by atoms with Crippen LogP contribution in [0, 0.1) is 11.6 Å². The predicted molar refractivity (Wildman–Crippen MR) is 72.9 cm³/mol. The van der Waals surface area contributed by atoms with Crippen LogP contribution in [0.15, 0.2) is 40.9 Å². The third-order valence-electron chi connectivity index (χ3n) is 2.41. The number of benzene rings is 2. The van der Waals surface area contributed by atoms with Crippen LogP contribution in [-0.2, 0) is 0 Å². The second-order valence-electron chi connectivity index (χ2n) is 3.82. The number of carbonyl (C=O) groups excluding carboxylic acids is 1. The van der Waals surface area contributed by atoms with Crippen molar-refractivity contribution < 1.29 is 13.6 Å². The molecule has 0 heterocycles. The van der Waals surface area contributed by atoms with Crippen LogP contribution in [0.5, 0.6) is 0 Å². The summed E-state index contributed by atoms with van der Waals surface area (Å²) in [5.41, 5.74) is 5.36. The number of rotatable bonds is 2. The molecule has 1 amide bonds. The lowest BCUT2D eigenvalue weighted by molar-refractivity contribution is 0.102. The molecular weight excluding hydrogens is 318 g/mol. The number of nitrogens with one attached hydrogen (secondary N) is 1. The first-order valence-corrected chi connectivity index (χ1v) is 6.08. The molecule has 0 atom stereocenters. The molecule has 0 aromatic heterocycles. The first-order valence-electron chi connectivity index (χ1n) is 5.29. The van der Waals surface area contributed by atoms with Crippen LogP contribution in [0.3, 0.4) is 0 Å². The standard InChI is InChI=1S/C13H9BrF2N2O/c14-7-1-4-10(15)12(5-7)18-13(19)9-3-2-8(17)6-11(9)16/h1-6H,17H2,(H,18,19). The fraction of sp³-hybridized carbons (Fsp3) is 0. The average molecular weight is 327 g/mol. The predicted octanol–water partition coefficient (Wildman–Crippen LogP) is 3.56. The van der Waals surface area contributed by atoms with E-state index in [1.54, 1.807) is 0 Å². The van der Waals surface area contributed by atoms with Crippen molar-refractivity contribution in [1.82, 2.24) is 0 Å². The van der Waals surface area contributed by atoms with Crippen LogP contribution in [0.25, 0.3) is 0 Å². The Morgan fingerprint density at radius 3 is 2.53 bits per heavy atom. The topological polar surface area (TPSA) is 55.1 Å². The van der Waals surface area contributed by atoms with E-state index in [0.29, 0.717) is 4.47 Å². The van der Waals surface area contributed by atoms with Crippen molar-refractivity contribution in [2.45, 2.75) is 0 Å². The molecule has 0 aliphatic heterocycles. The zero-order chi connectivity index (χ0) is 14.0. The molecule has 3 nitrogen and oxygen atoms in total. The Morgan fingerprint density at radius 2 is 1.84 bits per heavy atom. The van der Waals surface area contributed by atoms with Gasteiger partial charge in [0.1, 0.15) is 11.6 Å². The van der Waals surface area contributed by atoms with Crippen LogP contribution in [0.4, 0.5) is 20.2 Å². The lowest BCUT2D eigenvalue weighted by Crippen LogP contribution is -2.15. The molecular formula is C13H9BrF2N2O. The highest BCUT2D eigenvalue weighted by Crippen LogP contribution is 2.21. The second kappa shape index (κ2) is 5.36. The number of carbonyl (C=O) groups is 1. The van der Waals surface area contributed by atoms with E-state index in [1.165, 1.54) is 30.3 Å². The van der Waals surface area contributed by atoms with Gasteiger partial charge in [-0.05, 0) is 36.4 Å². The molecule has 2 aromatic carbocycles. The summed E-state index contributed by atoms with van der Waals surface area (Å²) in [6, 6.07) is 7.76. The molecule has 0 saturated heterocycles. The molecule has 6 heteroatoms. The summed E-state index contributed by atoms with van der Waals surface area (Å²) in [4.78, 5) is 11.8. The maximum absolute atomic E-state index is 13.5. The Bertz CT molecular complexity index is 647. The van der Waals surface area contributed by atoms with E-state index < -0.39 is 17.5 Å². The lowest BCUT2D eigenvalue weighted by Gasteiger charge is -2.08. The van der Waals surface area contributed by atoms with Gasteiger partial charge >= 0.3 is 0 Å². The van der Waals surface area contributed by atoms with Crippen molar-refractivity contribution in [3.05, 3.63) is 58.1 Å². The van der Waals surface area contributed by atoms with E-state index in [-0.39, 0.29) is 16.9 Å². The molecule has 98 valence electrons. The van der Waals surface area contributed by atoms with Crippen molar-refractivity contribution in [2.75, 3.05) is 11.1 Å². The summed E-state index contributed by atoms with van der Waals surface area (Å²) in [5, 5.41) is 2.30. The number of hydrogen-bond acceptors (Lipinski definition) is 2. The third-order valence-corrected chi connectivity index (χ3v) is 2.91. The minimum atomic E-state index is -0.757. The van der Waals surface area contributed by atoms with Gasteiger partial charge in [0.25, 0.3) is 5.91 Å². The minimum absolute atomic E-state index is 0.0319. The Hall–Kier alpha value is -1.95. The third kappa shape index (κ3) is 3.08. The SMILES string of the molecule is Nc1ccc(C(=O)Nc2cc(Br)ccc2F)c(F)c1. The maximum atomic E-state index is 13.5. The lowest BCUT2D eigenvalue weighted by atomic mass is 10.1. The van der Waals surface area contributed by atoms with E-state index in [4.69, 9.17) is 5.73 Å². The summed E-state index contributed by atoms with van der Waals surface area (Å²) in [5.74, 6) is -2.10. The van der Waals surface area contributed by atoms with Gasteiger partial charge in [0.05, 0.1) is 11.3 Å². The van der Waals surface area contributed by atoms with Gasteiger partial charge in [-0.25, -0.2) is 8.78 Å². The normalized spacial score (nSPS) is 10.3. The van der Waals surface area contributed by atoms with Gasteiger partial charge in [-0.2, -0.15) is 0 Å². The van der Waals surface area contributed by atoms with Gasteiger partial charge in [-0.15, -0.1) is 0 Å². The first kappa shape index (κ1) is 13.5. The van der Waals surface area contributed by atoms with Crippen LogP contribution >= 0.6 is 15.9 Å². The highest BCUT2D eigenvalue weighted by Gasteiger charge is 2.14. The Labute approximate surface area is 116 Å². The summed E-state index contributed by atoms with van der Waals surface area (Å²) in [7, 11) is 0. The number of halogens is 3. The molecule has 0 aliphatic rings. The maximum Gasteiger partial charge on any atom is 0.258 e. The van der Waals surface area contributed by atoms with Gasteiger partial charge < -0.3 is 11.1 Å².